The van der Waals surface area contributed by atoms with E-state index < -0.39 is 0 Å². The minimum absolute atomic E-state index is 0. The van der Waals surface area contributed by atoms with Gasteiger partial charge in [0.05, 0.1) is 12.0 Å². The summed E-state index contributed by atoms with van der Waals surface area (Å²) in [6.45, 7) is 14.9. The molecule has 0 aliphatic rings. The van der Waals surface area contributed by atoms with Crippen molar-refractivity contribution < 1.29 is 34.6 Å². The van der Waals surface area contributed by atoms with Crippen molar-refractivity contribution in [2.24, 2.45) is 11.8 Å². The molecule has 0 spiro atoms. The average molecular weight is 817 g/mol. The maximum Gasteiger partial charge on any atom is 0.162 e. The van der Waals surface area contributed by atoms with Crippen molar-refractivity contribution in [3.05, 3.63) is 133 Å². The predicted molar refractivity (Wildman–Crippen MR) is 197 cm³/mol. The van der Waals surface area contributed by atoms with Crippen LogP contribution < -0.4 is 4.57 Å². The number of nitrogens with zero attached hydrogens (tertiary/aromatic N) is 1. The van der Waals surface area contributed by atoms with Crippen LogP contribution in [0.5, 0.6) is 0 Å². The first-order chi connectivity index (χ1) is 22.6. The first-order valence-corrected chi connectivity index (χ1v) is 17.1. The summed E-state index contributed by atoms with van der Waals surface area (Å²) in [5, 5.41) is 12.2. The van der Waals surface area contributed by atoms with Crippen LogP contribution in [0.2, 0.25) is 0 Å². The molecule has 3 nitrogen and oxygen atoms in total. The molecule has 4 heteroatoms. The Kier molecular flexibility index (Phi) is 14.5. The van der Waals surface area contributed by atoms with Gasteiger partial charge in [0.15, 0.2) is 12.0 Å². The van der Waals surface area contributed by atoms with Crippen molar-refractivity contribution in [2.75, 3.05) is 0 Å². The first-order valence-electron chi connectivity index (χ1n) is 17.1. The van der Waals surface area contributed by atoms with Gasteiger partial charge < -0.3 is 9.67 Å². The van der Waals surface area contributed by atoms with Crippen LogP contribution in [0.3, 0.4) is 0 Å². The van der Waals surface area contributed by atoms with Gasteiger partial charge in [-0.05, 0) is 53.4 Å². The minimum Gasteiger partial charge on any atom is -0.512 e. The number of fused-ring (bicyclic) bond motifs is 1. The molecule has 1 radical (unpaired) electrons. The van der Waals surface area contributed by atoms with E-state index in [9.17, 15) is 9.90 Å². The molecule has 0 bridgehead atoms. The van der Waals surface area contributed by atoms with Gasteiger partial charge in [-0.15, -0.1) is 46.7 Å². The molecule has 5 rings (SSSR count). The summed E-state index contributed by atoms with van der Waals surface area (Å²) in [6.07, 6.45) is 10.4. The van der Waals surface area contributed by atoms with Crippen LogP contribution in [0.15, 0.2) is 115 Å². The number of rotatable bonds is 10. The normalized spacial score (nSPS) is 11.6. The fourth-order valence-electron chi connectivity index (χ4n) is 5.97. The number of benzene rings is 4. The maximum absolute atomic E-state index is 11.7. The summed E-state index contributed by atoms with van der Waals surface area (Å²) in [5.74, 6) is 0.547. The Morgan fingerprint density at radius 3 is 1.88 bits per heavy atom. The molecule has 48 heavy (non-hydrogen) atoms. The first kappa shape index (κ1) is 38.6. The summed E-state index contributed by atoms with van der Waals surface area (Å²) in [5.41, 5.74) is 7.16. The van der Waals surface area contributed by atoms with Gasteiger partial charge in [-0.2, -0.15) is 0 Å². The van der Waals surface area contributed by atoms with Gasteiger partial charge in [-0.25, -0.2) is 0 Å². The topological polar surface area (TPSA) is 41.2 Å². The van der Waals surface area contributed by atoms with Crippen LogP contribution in [-0.4, -0.2) is 10.9 Å². The van der Waals surface area contributed by atoms with Crippen LogP contribution >= 0.6 is 0 Å². The van der Waals surface area contributed by atoms with Crippen LogP contribution in [0.25, 0.3) is 38.7 Å². The minimum atomic E-state index is 0. The van der Waals surface area contributed by atoms with E-state index in [2.05, 4.69) is 129 Å². The molecule has 4 aromatic carbocycles. The van der Waals surface area contributed by atoms with E-state index in [-0.39, 0.29) is 48.9 Å². The average Bonchev–Trinajstić information content (AvgIpc) is 3.09. The molecule has 0 aliphatic heterocycles. The number of aliphatic hydroxyl groups is 1. The zero-order chi connectivity index (χ0) is 34.0. The van der Waals surface area contributed by atoms with Crippen LogP contribution in [0.4, 0.5) is 0 Å². The number of pyridine rings is 1. The van der Waals surface area contributed by atoms with E-state index in [1.165, 1.54) is 33.7 Å². The zero-order valence-electron chi connectivity index (χ0n) is 29.5. The van der Waals surface area contributed by atoms with Gasteiger partial charge in [0, 0.05) is 43.7 Å². The summed E-state index contributed by atoms with van der Waals surface area (Å²) >= 11 is 0. The second-order valence-corrected chi connectivity index (χ2v) is 13.2. The monoisotopic (exact) mass is 817 g/mol. The van der Waals surface area contributed by atoms with Crippen LogP contribution in [0.1, 0.15) is 79.7 Å². The Morgan fingerprint density at radius 2 is 1.29 bits per heavy atom. The van der Waals surface area contributed by atoms with Gasteiger partial charge in [0.25, 0.3) is 0 Å². The Balaban J connectivity index is 0.000000334. The number of hydrogen-bond acceptors (Lipinski definition) is 2. The number of aliphatic hydroxyl groups excluding tert-OH is 1. The number of aromatic nitrogens is 1. The summed E-state index contributed by atoms with van der Waals surface area (Å²) in [4.78, 5) is 11.7. The largest absolute Gasteiger partial charge is 0.512 e. The predicted octanol–water partition coefficient (Wildman–Crippen LogP) is 11.2. The Hall–Kier alpha value is -3.85. The van der Waals surface area contributed by atoms with E-state index in [4.69, 9.17) is 0 Å². The van der Waals surface area contributed by atoms with Gasteiger partial charge in [0.2, 0.25) is 0 Å². The molecule has 0 aliphatic carbocycles. The van der Waals surface area contributed by atoms with Crippen LogP contribution in [-0.2, 0) is 30.3 Å². The van der Waals surface area contributed by atoms with Gasteiger partial charge in [0.1, 0.15) is 0 Å². The number of carbonyl (C=O) groups excluding carboxylic acids is 1. The van der Waals surface area contributed by atoms with E-state index in [1.54, 1.807) is 0 Å². The molecule has 0 saturated heterocycles. The van der Waals surface area contributed by atoms with E-state index >= 15 is 0 Å². The molecular weight excluding hydrogens is 767 g/mol. The molecule has 0 unspecified atom stereocenters. The molecule has 0 saturated carbocycles. The molecular formula is C44H50IrNO2-. The second kappa shape index (κ2) is 18.1. The van der Waals surface area contributed by atoms with Crippen molar-refractivity contribution >= 4 is 16.6 Å². The van der Waals surface area contributed by atoms with E-state index in [0.717, 1.165) is 42.3 Å². The van der Waals surface area contributed by atoms with Crippen molar-refractivity contribution in [1.82, 2.24) is 0 Å². The third kappa shape index (κ3) is 9.84. The van der Waals surface area contributed by atoms with Gasteiger partial charge in [-0.1, -0.05) is 121 Å². The SMILES string of the molecule is CC(C)(C)c1cc(-[n+]2[c-]ccc(-c3ccc(-c4ccccc4)cc3)c2)[c-]c2ccccc12.CCC(CC)C(=O)/C=C(\O)C(CC)CC.[Ir]. The number of hydrogen-bond donors (Lipinski definition) is 1. The number of carbonyl (C=O) groups is 1. The quantitative estimate of drug-likeness (QED) is 0.0660. The molecule has 0 fully saturated rings. The van der Waals surface area contributed by atoms with Crippen LogP contribution in [0, 0.1) is 24.1 Å². The van der Waals surface area contributed by atoms with E-state index in [1.807, 2.05) is 39.8 Å². The Bertz CT molecular complexity index is 1780. The number of ketones is 1. The smallest absolute Gasteiger partial charge is 0.162 e. The van der Waals surface area contributed by atoms with Crippen molar-refractivity contribution in [1.29, 1.82) is 0 Å². The van der Waals surface area contributed by atoms with E-state index in [0.29, 0.717) is 0 Å². The van der Waals surface area contributed by atoms with Gasteiger partial charge >= 0.3 is 0 Å². The standard InChI is InChI=1S/C31H26N.C13H24O2.Ir/c1-31(2,3)30-21-28(20-26-12-7-8-14-29(26)30)32-19-9-13-27(22-32)25-17-15-24(16-18-25)23-10-5-4-6-11-23;1-5-10(6-2)12(14)9-13(15)11(7-3)8-4;/h4-18,21-22H,1-3H3;9-11,14H,5-8H2,1-4H3;/q-1;;/b;12-9-;. The third-order valence-electron chi connectivity index (χ3n) is 8.98. The Morgan fingerprint density at radius 1 is 0.750 bits per heavy atom. The third-order valence-corrected chi connectivity index (χ3v) is 8.98. The van der Waals surface area contributed by atoms with Crippen molar-refractivity contribution in [2.45, 2.75) is 79.6 Å². The summed E-state index contributed by atoms with van der Waals surface area (Å²) < 4.78 is 2.06. The molecule has 253 valence electrons. The molecule has 5 aromatic rings. The molecule has 1 N–H and O–H groups in total. The fraction of sp³-hybridized carbons (Fsp3) is 0.318. The zero-order valence-corrected chi connectivity index (χ0v) is 31.9. The molecule has 0 atom stereocenters. The number of allylic oxidation sites excluding steroid dienone is 2. The molecule has 1 aromatic heterocycles. The van der Waals surface area contributed by atoms with Gasteiger partial charge in [-0.3, -0.25) is 4.79 Å². The molecule has 0 amide bonds. The fourth-order valence-corrected chi connectivity index (χ4v) is 5.97. The van der Waals surface area contributed by atoms with Crippen molar-refractivity contribution in [3.8, 4) is 27.9 Å². The molecule has 1 heterocycles. The maximum atomic E-state index is 11.7. The van der Waals surface area contributed by atoms with Crippen molar-refractivity contribution in [3.63, 3.8) is 0 Å². The summed E-state index contributed by atoms with van der Waals surface area (Å²) in [7, 11) is 0. The summed E-state index contributed by atoms with van der Waals surface area (Å²) in [6, 6.07) is 37.7. The Labute approximate surface area is 302 Å². The second-order valence-electron chi connectivity index (χ2n) is 13.2.